The quantitative estimate of drug-likeness (QED) is 0.0138. The molecule has 137 heavy (non-hydrogen) atoms. The van der Waals surface area contributed by atoms with Crippen molar-refractivity contribution in [3.05, 3.63) is 240 Å². The van der Waals surface area contributed by atoms with Crippen LogP contribution in [0.3, 0.4) is 0 Å². The summed E-state index contributed by atoms with van der Waals surface area (Å²) in [5.41, 5.74) is 26.7. The number of aromatic nitrogens is 9. The van der Waals surface area contributed by atoms with Gasteiger partial charge in [-0.15, -0.1) is 57.1 Å². The van der Waals surface area contributed by atoms with E-state index in [0.29, 0.717) is 47.8 Å². The number of benzene rings is 9. The van der Waals surface area contributed by atoms with E-state index >= 15 is 0 Å². The Hall–Kier alpha value is -8.73. The van der Waals surface area contributed by atoms with E-state index in [1.165, 1.54) is 26.9 Å². The Kier molecular flexibility index (Phi) is 44.8. The number of aliphatic hydroxyl groups excluding tert-OH is 6. The number of rotatable bonds is 21. The van der Waals surface area contributed by atoms with Crippen molar-refractivity contribution in [1.82, 2.24) is 44.9 Å². The van der Waals surface area contributed by atoms with Crippen LogP contribution in [0.5, 0.6) is 28.7 Å². The number of aromatic hydroxyl groups is 1. The molecule has 10 heterocycles. The van der Waals surface area contributed by atoms with Gasteiger partial charge in [0.25, 0.3) is 0 Å². The molecule has 14 N–H and O–H groups in total. The van der Waals surface area contributed by atoms with Crippen molar-refractivity contribution in [2.45, 2.75) is 73.7 Å². The third-order valence-electron chi connectivity index (χ3n) is 18.9. The molecule has 0 atom stereocenters. The van der Waals surface area contributed by atoms with Gasteiger partial charge < -0.3 is 88.0 Å². The van der Waals surface area contributed by atoms with E-state index < -0.39 is 14.6 Å². The van der Waals surface area contributed by atoms with Crippen LogP contribution in [-0.2, 0) is 14.6 Å². The first-order valence-corrected chi connectivity index (χ1v) is 51.7. The minimum Gasteiger partial charge on any atom is -1.00 e. The van der Waals surface area contributed by atoms with E-state index in [1.54, 1.807) is 163 Å². The number of nitrogens with zero attached hydrogens (tertiary/aromatic N) is 9. The van der Waals surface area contributed by atoms with Gasteiger partial charge in [-0.2, -0.15) is 0 Å². The van der Waals surface area contributed by atoms with E-state index in [4.69, 9.17) is 78.2 Å². The molecule has 41 heteroatoms. The summed E-state index contributed by atoms with van der Waals surface area (Å²) in [6.07, 6.45) is 11.0. The monoisotopic (exact) mass is 2280 g/mol. The number of anilines is 7. The summed E-state index contributed by atoms with van der Waals surface area (Å²) >= 11 is 33.3. The number of alkyl halides is 1. The maximum Gasteiger partial charge on any atom is 1.00 e. The molecular formula is C96H100Br4Cl2N13NaO15S6. The molecule has 1 fully saturated rings. The van der Waals surface area contributed by atoms with Gasteiger partial charge in [0.2, 0.25) is 0 Å². The average molecular weight is 2280 g/mol. The summed E-state index contributed by atoms with van der Waals surface area (Å²) in [5, 5.41) is 76.8. The number of aliphatic hydroxyl groups is 6. The first-order valence-electron chi connectivity index (χ1n) is 41.6. The molecule has 18 aromatic rings. The zero-order chi connectivity index (χ0) is 96.8. The summed E-state index contributed by atoms with van der Waals surface area (Å²) in [4.78, 5) is 40.0. The summed E-state index contributed by atoms with van der Waals surface area (Å²) < 4.78 is 59.6. The molecule has 0 amide bonds. The van der Waals surface area contributed by atoms with Crippen molar-refractivity contribution in [1.29, 1.82) is 0 Å². The molecule has 0 radical (unpaired) electrons. The smallest absolute Gasteiger partial charge is 1.00 e. The number of phenols is 1. The third kappa shape index (κ3) is 31.6. The van der Waals surface area contributed by atoms with Gasteiger partial charge >= 0.3 is 29.6 Å². The fraction of sp³-hybridized carbons (Fsp3) is 0.240. The Balaban J connectivity index is 0.000000204. The molecule has 9 aromatic carbocycles. The Morgan fingerprint density at radius 3 is 1.16 bits per heavy atom. The van der Waals surface area contributed by atoms with Gasteiger partial charge in [-0.1, -0.05) is 59.9 Å². The van der Waals surface area contributed by atoms with Crippen molar-refractivity contribution < 1.29 is 104 Å². The topological polar surface area (TPSA) is 432 Å². The van der Waals surface area contributed by atoms with Crippen LogP contribution in [0.25, 0.3) is 95.4 Å². The number of thioether (sulfide) groups is 1. The summed E-state index contributed by atoms with van der Waals surface area (Å²) in [6.45, 7) is 14.1. The van der Waals surface area contributed by atoms with Crippen molar-refractivity contribution in [3.63, 3.8) is 0 Å². The molecule has 9 aromatic heterocycles. The number of sulfone groups is 1. The molecule has 0 saturated carbocycles. The predicted octanol–water partition coefficient (Wildman–Crippen LogP) is 20.4. The Labute approximate surface area is 878 Å². The van der Waals surface area contributed by atoms with E-state index in [0.717, 1.165) is 145 Å². The van der Waals surface area contributed by atoms with Crippen LogP contribution in [0, 0.1) is 0 Å². The second-order valence-electron chi connectivity index (χ2n) is 30.6. The maximum absolute atomic E-state index is 13.3. The summed E-state index contributed by atoms with van der Waals surface area (Å²) in [7, 11) is -2.71. The van der Waals surface area contributed by atoms with Crippen molar-refractivity contribution in [3.8, 4) is 28.7 Å². The number of ether oxygens (including phenoxy) is 5. The number of thiazole rings is 4. The van der Waals surface area contributed by atoms with Crippen LogP contribution < -0.4 is 70.2 Å². The summed E-state index contributed by atoms with van der Waals surface area (Å²) in [5.74, 6) is 2.42. The van der Waals surface area contributed by atoms with Gasteiger partial charge in [0.15, 0.2) is 9.84 Å². The number of pyridine rings is 5. The second kappa shape index (κ2) is 54.9. The molecular weight excluding hydrogens is 2180 g/mol. The van der Waals surface area contributed by atoms with Gasteiger partial charge in [0, 0.05) is 158 Å². The molecule has 28 nitrogen and oxygen atoms in total. The fourth-order valence-electron chi connectivity index (χ4n) is 12.7. The molecule has 19 rings (SSSR count). The second-order valence-corrected chi connectivity index (χ2v) is 42.9. The predicted molar refractivity (Wildman–Crippen MR) is 573 cm³/mol. The zero-order valence-electron chi connectivity index (χ0n) is 76.5. The van der Waals surface area contributed by atoms with Crippen LogP contribution in [0.4, 0.5) is 39.8 Å². The van der Waals surface area contributed by atoms with Crippen molar-refractivity contribution in [2.24, 2.45) is 0 Å². The van der Waals surface area contributed by atoms with Gasteiger partial charge in [-0.25, -0.2) is 28.4 Å². The zero-order valence-corrected chi connectivity index (χ0v) is 90.2. The Bertz CT molecular complexity index is 7120. The molecule has 0 bridgehead atoms. The normalized spacial score (nSPS) is 11.5. The van der Waals surface area contributed by atoms with Crippen LogP contribution in [0.2, 0.25) is 10.0 Å². The van der Waals surface area contributed by atoms with Gasteiger partial charge in [0.1, 0.15) is 60.1 Å². The van der Waals surface area contributed by atoms with Gasteiger partial charge in [-0.05, 0) is 215 Å². The number of nitrogens with two attached hydrogens (primary N) is 1. The molecule has 718 valence electrons. The number of hydrogen-bond donors (Lipinski definition) is 11. The summed E-state index contributed by atoms with van der Waals surface area (Å²) in [6, 6.07) is 51.3. The van der Waals surface area contributed by atoms with E-state index in [2.05, 4.69) is 176 Å². The van der Waals surface area contributed by atoms with Gasteiger partial charge in [-0.3, -0.25) is 24.9 Å². The number of nitrogens with one attached hydrogen (secondary N) is 3. The Morgan fingerprint density at radius 1 is 0.438 bits per heavy atom. The first kappa shape index (κ1) is 112. The molecule has 0 spiro atoms. The third-order valence-corrected chi connectivity index (χ3v) is 28.7. The number of nitrogen functional groups attached to an aromatic ring is 1. The number of halogens is 6. The number of phenolic OH excluding ortho intramolecular Hbond substituents is 1. The van der Waals surface area contributed by atoms with Crippen LogP contribution in [0.1, 0.15) is 55.8 Å². The van der Waals surface area contributed by atoms with Crippen molar-refractivity contribution >= 4 is 289 Å². The average Bonchev–Trinajstić information content (AvgIpc) is 1.13. The molecule has 0 aliphatic carbocycles. The molecule has 1 aliphatic heterocycles. The molecule has 0 unspecified atom stereocenters. The van der Waals surface area contributed by atoms with Gasteiger partial charge in [0.05, 0.1) is 157 Å². The standard InChI is InChI=1S/C22H23N3O4S2.C22H23N3O2S2.C18H14BrN3O2S.C11H9BrClNO2.C9H5BrClNO.C7H6N2S.C4H8O.C2H5BrO.CH4O.Na.H2O.H/c1-22(2,3)31(27,28)21-11-15-16(6-7-23-17(15)12-19(21)29-9-8-26)25-14-4-5-20-18(10-14)24-13-30-20;1-22(2,3)29-21-11-15-16(6-7-23-17(15)12-19(21)27-9-8-26)25-14-4-5-20-18(10-14)24-13-28-20;19-13-8-12-14(3-4-20-15(12)9-17(13)24-6-5-23)22-11-1-2-18-16(7-11)21-10-25-18;12-8-5-7-9(13)1-2-14-10(7)6-11(8)16-4-3-15;10-6-3-5-7(11)1-2-12-8(5)4-9(6)13;8-5-1-2-7-6(3-5)9-4-10-7;1-2-4-5-3-1;3-1-2-4;1-2;;;/h4-7,10-13,26H,8-9H2,1-3H3,(H,23,25);4-7,10-13,26H,8-9H2,1-3H3,(H,23,25);1-4,7-10,23H,5-6H2,(H,20,22);1-2,5-6,15H,3-4H2;1-4,13H;1-4H,8H2;1-4H2;4H,1-2H2;2H,1H3;;1H2;/q;;;;;;;;;+1;;-1. The van der Waals surface area contributed by atoms with E-state index in [9.17, 15) is 18.6 Å². The molecule has 1 aliphatic rings. The van der Waals surface area contributed by atoms with Crippen molar-refractivity contribution in [2.75, 3.05) is 107 Å². The fourth-order valence-corrected chi connectivity index (χ4v) is 19.4. The van der Waals surface area contributed by atoms with E-state index in [-0.39, 0.29) is 117 Å². The SMILES string of the molecule is C1CCOC1.CC(C)(C)S(=O)(=O)c1cc2c(Nc3ccc4scnc4c3)ccnc2cc1OCCO.CC(C)(C)Sc1cc2c(Nc3ccc4scnc4c3)ccnc2cc1OCCO.CO.Nc1ccc2scnc2c1.O.OCCBr.OCCOc1cc2nccc(Cl)c2cc1Br.OCCOc1cc2nccc(Nc3ccc4scnc4c3)c2cc1Br.Oc1cc2nccc(Cl)c2cc1Br.[H-].[Na+]. The maximum atomic E-state index is 13.3. The van der Waals surface area contributed by atoms with Crippen LogP contribution >= 0.6 is 144 Å². The van der Waals surface area contributed by atoms with Crippen LogP contribution in [-0.4, -0.2) is 189 Å². The number of hydrogen-bond acceptors (Lipinski definition) is 32. The number of fused-ring (bicyclic) bond motifs is 9. The van der Waals surface area contributed by atoms with Crippen LogP contribution in [0.15, 0.2) is 240 Å². The molecule has 1 saturated heterocycles. The largest absolute Gasteiger partial charge is 1.00 e. The Morgan fingerprint density at radius 2 is 0.774 bits per heavy atom. The minimum atomic E-state index is -3.71. The van der Waals surface area contributed by atoms with E-state index in [1.807, 2.05) is 101 Å². The minimum absolute atomic E-state index is 0. The first-order chi connectivity index (χ1) is 65.0.